The van der Waals surface area contributed by atoms with Crippen LogP contribution in [-0.4, -0.2) is 33.7 Å². The van der Waals surface area contributed by atoms with Crippen LogP contribution in [0.25, 0.3) is 0 Å². The minimum absolute atomic E-state index is 0.131. The molecule has 0 aliphatic carbocycles. The molecule has 1 atom stereocenters. The summed E-state index contributed by atoms with van der Waals surface area (Å²) in [6.07, 6.45) is -3.65. The van der Waals surface area contributed by atoms with Crippen molar-refractivity contribution in [3.63, 3.8) is 0 Å². The molecule has 1 heterocycles. The number of anilines is 1. The van der Waals surface area contributed by atoms with E-state index in [1.807, 2.05) is 0 Å². The molecule has 0 fully saturated rings. The summed E-state index contributed by atoms with van der Waals surface area (Å²) < 4.78 is 71.1. The first kappa shape index (κ1) is 25.0. The summed E-state index contributed by atoms with van der Waals surface area (Å²) in [5.41, 5.74) is -1.41. The van der Waals surface area contributed by atoms with Gasteiger partial charge in [-0.15, -0.1) is 10.2 Å². The zero-order valence-corrected chi connectivity index (χ0v) is 19.4. The van der Waals surface area contributed by atoms with Crippen molar-refractivity contribution in [2.45, 2.75) is 24.9 Å². The fraction of sp³-hybridized carbons (Fsp3) is 0.227. The minimum atomic E-state index is -4.86. The Bertz CT molecular complexity index is 1360. The molecule has 0 spiro atoms. The van der Waals surface area contributed by atoms with Crippen LogP contribution in [0, 0.1) is 18.6 Å². The second-order valence-corrected chi connectivity index (χ2v) is 9.59. The zero-order chi connectivity index (χ0) is 25.3. The standard InChI is InChI=1S/C22H21F3N4O4S/c1-12-8-9-16(32-3)17(10-12)33-21-18(13(2)19(28-29-21)22(23,24)25)20(30)27-14-6-5-7-15(11-14)34(4,26)31/h5-11,26H,1-4H3,(H,27,30). The maximum absolute atomic E-state index is 13.5. The number of hydrogen-bond donors (Lipinski definition) is 2. The van der Waals surface area contributed by atoms with Crippen LogP contribution in [-0.2, 0) is 15.9 Å². The highest BCUT2D eigenvalue weighted by molar-refractivity contribution is 7.91. The van der Waals surface area contributed by atoms with Gasteiger partial charge in [-0.2, -0.15) is 13.2 Å². The van der Waals surface area contributed by atoms with Crippen molar-refractivity contribution in [1.82, 2.24) is 10.2 Å². The Morgan fingerprint density at radius 1 is 1.09 bits per heavy atom. The molecule has 1 aromatic heterocycles. The number of carbonyl (C=O) groups is 1. The van der Waals surface area contributed by atoms with Crippen molar-refractivity contribution in [1.29, 1.82) is 4.78 Å². The molecule has 0 saturated heterocycles. The van der Waals surface area contributed by atoms with Crippen LogP contribution in [0.15, 0.2) is 47.4 Å². The summed E-state index contributed by atoms with van der Waals surface area (Å²) in [5, 5.41) is 9.24. The van der Waals surface area contributed by atoms with Crippen LogP contribution >= 0.6 is 0 Å². The largest absolute Gasteiger partial charge is 0.493 e. The molecule has 0 bridgehead atoms. The number of hydrogen-bond acceptors (Lipinski definition) is 7. The van der Waals surface area contributed by atoms with E-state index in [4.69, 9.17) is 14.3 Å². The van der Waals surface area contributed by atoms with Gasteiger partial charge in [-0.25, -0.2) is 8.99 Å². The molecule has 3 rings (SSSR count). The quantitative estimate of drug-likeness (QED) is 0.487. The number of nitrogens with zero attached hydrogens (tertiary/aromatic N) is 2. The van der Waals surface area contributed by atoms with Gasteiger partial charge in [0.15, 0.2) is 17.2 Å². The molecule has 12 heteroatoms. The second kappa shape index (κ2) is 9.29. The average Bonchev–Trinajstić information content (AvgIpc) is 2.72. The molecule has 0 radical (unpaired) electrons. The lowest BCUT2D eigenvalue weighted by molar-refractivity contribution is -0.142. The Kier molecular flexibility index (Phi) is 6.82. The molecule has 2 aromatic carbocycles. The third kappa shape index (κ3) is 5.45. The zero-order valence-electron chi connectivity index (χ0n) is 18.6. The molecular formula is C22H21F3N4O4S. The number of aromatic nitrogens is 2. The predicted molar refractivity (Wildman–Crippen MR) is 119 cm³/mol. The molecule has 34 heavy (non-hydrogen) atoms. The number of aryl methyl sites for hydroxylation is 1. The van der Waals surface area contributed by atoms with E-state index >= 15 is 0 Å². The summed E-state index contributed by atoms with van der Waals surface area (Å²) in [6.45, 7) is 2.86. The van der Waals surface area contributed by atoms with Crippen LogP contribution in [0.2, 0.25) is 0 Å². The lowest BCUT2D eigenvalue weighted by Gasteiger charge is -2.17. The fourth-order valence-corrected chi connectivity index (χ4v) is 3.78. The SMILES string of the molecule is COc1ccc(C)cc1Oc1nnc(C(F)(F)F)c(C)c1C(=O)Nc1cccc(S(C)(=N)=O)c1. The van der Waals surface area contributed by atoms with Gasteiger partial charge in [-0.1, -0.05) is 12.1 Å². The highest BCUT2D eigenvalue weighted by atomic mass is 32.2. The van der Waals surface area contributed by atoms with Crippen LogP contribution in [0.1, 0.15) is 27.2 Å². The second-order valence-electron chi connectivity index (χ2n) is 7.43. The number of carbonyl (C=O) groups excluding carboxylic acids is 1. The number of ether oxygens (including phenoxy) is 2. The van der Waals surface area contributed by atoms with E-state index in [1.54, 1.807) is 25.1 Å². The van der Waals surface area contributed by atoms with Crippen molar-refractivity contribution >= 4 is 21.3 Å². The molecular weight excluding hydrogens is 473 g/mol. The fourth-order valence-electron chi connectivity index (χ4n) is 3.08. The summed E-state index contributed by atoms with van der Waals surface area (Å²) in [6, 6.07) is 10.6. The Morgan fingerprint density at radius 3 is 2.41 bits per heavy atom. The predicted octanol–water partition coefficient (Wildman–Crippen LogP) is 5.20. The van der Waals surface area contributed by atoms with E-state index in [0.717, 1.165) is 12.5 Å². The van der Waals surface area contributed by atoms with E-state index in [-0.39, 0.29) is 22.1 Å². The van der Waals surface area contributed by atoms with Gasteiger partial charge in [0, 0.05) is 16.8 Å². The molecule has 2 N–H and O–H groups in total. The van der Waals surface area contributed by atoms with Gasteiger partial charge < -0.3 is 14.8 Å². The third-order valence-corrected chi connectivity index (χ3v) is 5.90. The Morgan fingerprint density at radius 2 is 1.79 bits per heavy atom. The van der Waals surface area contributed by atoms with Gasteiger partial charge in [-0.05, 0) is 55.3 Å². The number of nitrogens with one attached hydrogen (secondary N) is 2. The molecule has 0 aliphatic rings. The molecule has 0 saturated carbocycles. The summed E-state index contributed by atoms with van der Waals surface area (Å²) in [4.78, 5) is 13.3. The smallest absolute Gasteiger partial charge is 0.435 e. The Hall–Kier alpha value is -3.67. The number of methoxy groups -OCH3 is 1. The summed E-state index contributed by atoms with van der Waals surface area (Å²) in [5.74, 6) is -1.00. The van der Waals surface area contributed by atoms with Gasteiger partial charge in [-0.3, -0.25) is 4.79 Å². The van der Waals surface area contributed by atoms with Crippen molar-refractivity contribution in [3.8, 4) is 17.4 Å². The summed E-state index contributed by atoms with van der Waals surface area (Å²) >= 11 is 0. The van der Waals surface area contributed by atoms with Crippen molar-refractivity contribution in [2.24, 2.45) is 0 Å². The monoisotopic (exact) mass is 494 g/mol. The van der Waals surface area contributed by atoms with Gasteiger partial charge in [0.25, 0.3) is 11.8 Å². The first-order valence-corrected chi connectivity index (χ1v) is 11.7. The van der Waals surface area contributed by atoms with Gasteiger partial charge in [0.2, 0.25) is 0 Å². The number of benzene rings is 2. The molecule has 1 amide bonds. The Balaban J connectivity index is 2.10. The minimum Gasteiger partial charge on any atom is -0.493 e. The highest BCUT2D eigenvalue weighted by Crippen LogP contribution is 2.37. The topological polar surface area (TPSA) is 114 Å². The number of amides is 1. The van der Waals surface area contributed by atoms with E-state index in [0.29, 0.717) is 0 Å². The van der Waals surface area contributed by atoms with E-state index < -0.39 is 44.5 Å². The van der Waals surface area contributed by atoms with Crippen molar-refractivity contribution in [3.05, 3.63) is 64.8 Å². The first-order valence-electron chi connectivity index (χ1n) is 9.73. The Labute approximate surface area is 194 Å². The van der Waals surface area contributed by atoms with Gasteiger partial charge in [0.05, 0.1) is 16.8 Å². The van der Waals surface area contributed by atoms with Crippen molar-refractivity contribution < 1.29 is 31.6 Å². The average molecular weight is 494 g/mol. The van der Waals surface area contributed by atoms with Crippen molar-refractivity contribution in [2.75, 3.05) is 18.7 Å². The lowest BCUT2D eigenvalue weighted by Crippen LogP contribution is -2.21. The molecule has 8 nitrogen and oxygen atoms in total. The van der Waals surface area contributed by atoms with Crippen LogP contribution < -0.4 is 14.8 Å². The lowest BCUT2D eigenvalue weighted by atomic mass is 10.1. The maximum Gasteiger partial charge on any atom is 0.435 e. The van der Waals surface area contributed by atoms with E-state index in [2.05, 4.69) is 15.5 Å². The third-order valence-electron chi connectivity index (χ3n) is 4.75. The normalized spacial score (nSPS) is 13.1. The molecule has 0 aliphatic heterocycles. The van der Waals surface area contributed by atoms with Crippen LogP contribution in [0.4, 0.5) is 18.9 Å². The first-order chi connectivity index (χ1) is 15.8. The molecule has 1 unspecified atom stereocenters. The number of halogens is 3. The van der Waals surface area contributed by atoms with Gasteiger partial charge >= 0.3 is 6.18 Å². The van der Waals surface area contributed by atoms with Gasteiger partial charge in [0.1, 0.15) is 5.56 Å². The summed E-state index contributed by atoms with van der Waals surface area (Å²) in [7, 11) is -1.69. The number of alkyl halides is 3. The van der Waals surface area contributed by atoms with Crippen LogP contribution in [0.5, 0.6) is 17.4 Å². The maximum atomic E-state index is 13.5. The van der Waals surface area contributed by atoms with E-state index in [1.165, 1.54) is 37.6 Å². The molecule has 180 valence electrons. The molecule has 3 aromatic rings. The van der Waals surface area contributed by atoms with Crippen LogP contribution in [0.3, 0.4) is 0 Å². The van der Waals surface area contributed by atoms with E-state index in [9.17, 15) is 22.2 Å². The number of rotatable bonds is 6. The highest BCUT2D eigenvalue weighted by Gasteiger charge is 2.38.